The molecule has 8 heteroatoms. The zero-order valence-electron chi connectivity index (χ0n) is 10.8. The number of nitrogens with two attached hydrogens (primary N) is 1. The van der Waals surface area contributed by atoms with Crippen molar-refractivity contribution in [3.05, 3.63) is 30.2 Å². The number of aromatic nitrogens is 1. The number of hydrogen-bond donors (Lipinski definition) is 1. The molecule has 1 saturated heterocycles. The van der Waals surface area contributed by atoms with Gasteiger partial charge in [0.05, 0.1) is 12.5 Å². The van der Waals surface area contributed by atoms with Gasteiger partial charge in [-0.05, 0) is 12.5 Å². The van der Waals surface area contributed by atoms with Crippen LogP contribution in [-0.4, -0.2) is 43.9 Å². The van der Waals surface area contributed by atoms with Gasteiger partial charge in [0.25, 0.3) is 0 Å². The highest BCUT2D eigenvalue weighted by atomic mass is 32.2. The molecule has 0 saturated carbocycles. The van der Waals surface area contributed by atoms with Crippen LogP contribution in [-0.2, 0) is 10.0 Å². The van der Waals surface area contributed by atoms with Gasteiger partial charge in [0, 0.05) is 31.3 Å². The maximum Gasteiger partial charge on any atom is 0.244 e. The van der Waals surface area contributed by atoms with Gasteiger partial charge >= 0.3 is 0 Å². The highest BCUT2D eigenvalue weighted by Gasteiger charge is 2.29. The van der Waals surface area contributed by atoms with Crippen LogP contribution in [0.1, 0.15) is 6.42 Å². The Balaban J connectivity index is 2.03. The number of nitrogens with zero attached hydrogens (tertiary/aromatic N) is 2. The van der Waals surface area contributed by atoms with Gasteiger partial charge in [-0.15, -0.1) is 0 Å². The molecule has 0 unspecified atom stereocenters. The van der Waals surface area contributed by atoms with Crippen molar-refractivity contribution in [1.29, 1.82) is 0 Å². The second-order valence-corrected chi connectivity index (χ2v) is 6.29. The lowest BCUT2D eigenvalue weighted by Gasteiger charge is -2.29. The molecule has 1 aliphatic rings. The lowest BCUT2D eigenvalue weighted by molar-refractivity contribution is 0.309. The van der Waals surface area contributed by atoms with E-state index in [1.807, 2.05) is 0 Å². The van der Waals surface area contributed by atoms with Crippen molar-refractivity contribution in [2.24, 2.45) is 5.73 Å². The Morgan fingerprint density at radius 1 is 1.50 bits per heavy atom. The smallest absolute Gasteiger partial charge is 0.244 e. The maximum atomic E-state index is 12.3. The van der Waals surface area contributed by atoms with E-state index >= 15 is 0 Å². The highest BCUT2D eigenvalue weighted by molar-refractivity contribution is 7.89. The van der Waals surface area contributed by atoms with Crippen molar-refractivity contribution in [2.45, 2.75) is 11.3 Å². The molecule has 2 heterocycles. The Bertz CT molecular complexity index is 582. The summed E-state index contributed by atoms with van der Waals surface area (Å²) >= 11 is 0. The second kappa shape index (κ2) is 6.29. The number of ether oxygens (including phenoxy) is 1. The summed E-state index contributed by atoms with van der Waals surface area (Å²) in [5.41, 5.74) is 5.59. The number of pyridine rings is 1. The van der Waals surface area contributed by atoms with Gasteiger partial charge in [0.1, 0.15) is 11.5 Å². The zero-order valence-corrected chi connectivity index (χ0v) is 11.6. The lowest BCUT2D eigenvalue weighted by Crippen LogP contribution is -2.41. The fourth-order valence-corrected chi connectivity index (χ4v) is 3.05. The molecule has 0 bridgehead atoms. The molecular weight excluding hydrogens is 285 g/mol. The third kappa shape index (κ3) is 3.14. The Morgan fingerprint density at radius 3 is 2.70 bits per heavy atom. The molecule has 2 rings (SSSR count). The predicted octanol–water partition coefficient (Wildman–Crippen LogP) is 0.667. The van der Waals surface area contributed by atoms with Gasteiger partial charge in [-0.25, -0.2) is 17.8 Å². The predicted molar refractivity (Wildman–Crippen MR) is 71.4 cm³/mol. The normalized spacial score (nSPS) is 16.8. The lowest BCUT2D eigenvalue weighted by atomic mass is 10.3. The van der Waals surface area contributed by atoms with Gasteiger partial charge in [-0.1, -0.05) is 0 Å². The third-order valence-corrected chi connectivity index (χ3v) is 4.87. The monoisotopic (exact) mass is 301 g/mol. The highest BCUT2D eigenvalue weighted by Crippen LogP contribution is 2.21. The number of halogens is 1. The third-order valence-electron chi connectivity index (χ3n) is 2.98. The largest absolute Gasteiger partial charge is 0.473 e. The Morgan fingerprint density at radius 2 is 2.25 bits per heavy atom. The van der Waals surface area contributed by atoms with Crippen LogP contribution >= 0.6 is 0 Å². The fraction of sp³-hybridized carbons (Fsp3) is 0.417. The van der Waals surface area contributed by atoms with E-state index in [1.54, 1.807) is 0 Å². The molecule has 0 spiro atoms. The molecular formula is C12H16FN3O3S. The van der Waals surface area contributed by atoms with E-state index in [4.69, 9.17) is 10.5 Å². The molecule has 0 atom stereocenters. The van der Waals surface area contributed by atoms with E-state index in [-0.39, 0.29) is 23.9 Å². The SMILES string of the molecule is NCC(=CF)COc1ccc(S(=O)(=O)N2CCC2)cn1. The average Bonchev–Trinajstić information content (AvgIpc) is 2.38. The van der Waals surface area contributed by atoms with E-state index < -0.39 is 10.0 Å². The molecule has 1 aromatic rings. The van der Waals surface area contributed by atoms with E-state index in [2.05, 4.69) is 4.98 Å². The first-order chi connectivity index (χ1) is 9.57. The van der Waals surface area contributed by atoms with E-state index in [0.717, 1.165) is 6.42 Å². The standard InChI is InChI=1S/C12H16FN3O3S/c13-6-10(7-14)9-19-12-3-2-11(8-15-12)20(17,18)16-4-1-5-16/h2-3,6,8H,1,4-5,7,9,14H2. The molecule has 6 nitrogen and oxygen atoms in total. The van der Waals surface area contributed by atoms with E-state index in [0.29, 0.717) is 25.0 Å². The van der Waals surface area contributed by atoms with Crippen molar-refractivity contribution in [2.75, 3.05) is 26.2 Å². The summed E-state index contributed by atoms with van der Waals surface area (Å²) in [6.45, 7) is 1.12. The summed E-state index contributed by atoms with van der Waals surface area (Å²) in [6, 6.07) is 2.87. The van der Waals surface area contributed by atoms with Gasteiger partial charge < -0.3 is 10.5 Å². The summed E-state index contributed by atoms with van der Waals surface area (Å²) in [5, 5.41) is 0. The van der Waals surface area contributed by atoms with Crippen LogP contribution < -0.4 is 10.5 Å². The van der Waals surface area contributed by atoms with Crippen LogP contribution in [0.15, 0.2) is 35.1 Å². The molecule has 1 aromatic heterocycles. The molecule has 20 heavy (non-hydrogen) atoms. The maximum absolute atomic E-state index is 12.3. The molecule has 2 N–H and O–H groups in total. The van der Waals surface area contributed by atoms with Crippen LogP contribution in [0.25, 0.3) is 0 Å². The first kappa shape index (κ1) is 14.9. The summed E-state index contributed by atoms with van der Waals surface area (Å²) in [6.07, 6.45) is 2.51. The summed E-state index contributed by atoms with van der Waals surface area (Å²) in [7, 11) is -3.44. The van der Waals surface area contributed by atoms with Gasteiger partial charge in [-0.2, -0.15) is 4.31 Å². The van der Waals surface area contributed by atoms with Crippen LogP contribution in [0.3, 0.4) is 0 Å². The van der Waals surface area contributed by atoms with Crippen LogP contribution in [0.5, 0.6) is 5.88 Å². The molecule has 0 radical (unpaired) electrons. The summed E-state index contributed by atoms with van der Waals surface area (Å²) < 4.78 is 43.0. The summed E-state index contributed by atoms with van der Waals surface area (Å²) in [4.78, 5) is 4.04. The van der Waals surface area contributed by atoms with E-state index in [9.17, 15) is 12.8 Å². The van der Waals surface area contributed by atoms with Gasteiger partial charge in [0.15, 0.2) is 0 Å². The zero-order chi connectivity index (χ0) is 14.6. The van der Waals surface area contributed by atoms with Crippen molar-refractivity contribution in [3.8, 4) is 5.88 Å². The molecule has 110 valence electrons. The minimum atomic E-state index is -3.44. The topological polar surface area (TPSA) is 85.5 Å². The van der Waals surface area contributed by atoms with Crippen molar-refractivity contribution in [1.82, 2.24) is 9.29 Å². The van der Waals surface area contributed by atoms with Crippen LogP contribution in [0.2, 0.25) is 0 Å². The Kier molecular flexibility index (Phi) is 4.69. The van der Waals surface area contributed by atoms with Crippen molar-refractivity contribution < 1.29 is 17.5 Å². The molecule has 1 aliphatic heterocycles. The van der Waals surface area contributed by atoms with Gasteiger partial charge in [-0.3, -0.25) is 0 Å². The van der Waals surface area contributed by atoms with Crippen molar-refractivity contribution >= 4 is 10.0 Å². The first-order valence-electron chi connectivity index (χ1n) is 6.15. The minimum absolute atomic E-state index is 0.0157. The van der Waals surface area contributed by atoms with Crippen LogP contribution in [0, 0.1) is 0 Å². The van der Waals surface area contributed by atoms with Crippen molar-refractivity contribution in [3.63, 3.8) is 0 Å². The minimum Gasteiger partial charge on any atom is -0.473 e. The average molecular weight is 301 g/mol. The number of rotatable bonds is 6. The summed E-state index contributed by atoms with van der Waals surface area (Å²) in [5.74, 6) is 0.223. The molecule has 0 aromatic carbocycles. The first-order valence-corrected chi connectivity index (χ1v) is 7.59. The van der Waals surface area contributed by atoms with E-state index in [1.165, 1.54) is 22.6 Å². The molecule has 0 aliphatic carbocycles. The molecule has 0 amide bonds. The van der Waals surface area contributed by atoms with Gasteiger partial charge in [0.2, 0.25) is 15.9 Å². The quantitative estimate of drug-likeness (QED) is 0.834. The Hall–Kier alpha value is -1.51. The molecule has 1 fully saturated rings. The van der Waals surface area contributed by atoms with Crippen LogP contribution in [0.4, 0.5) is 4.39 Å². The fourth-order valence-electron chi connectivity index (χ4n) is 1.58. The Labute approximate surface area is 117 Å². The number of hydrogen-bond acceptors (Lipinski definition) is 5. The second-order valence-electron chi connectivity index (χ2n) is 4.35. The number of sulfonamides is 1.